The van der Waals surface area contributed by atoms with Crippen molar-refractivity contribution in [2.24, 2.45) is 11.5 Å². The first-order valence-corrected chi connectivity index (χ1v) is 7.06. The number of rotatable bonds is 4. The van der Waals surface area contributed by atoms with Crippen molar-refractivity contribution in [3.63, 3.8) is 0 Å². The van der Waals surface area contributed by atoms with Crippen molar-refractivity contribution >= 4 is 11.8 Å². The van der Waals surface area contributed by atoms with Crippen LogP contribution in [0.3, 0.4) is 0 Å². The third-order valence-electron chi connectivity index (χ3n) is 3.99. The molecule has 6 heteroatoms. The lowest BCUT2D eigenvalue weighted by Crippen LogP contribution is -2.49. The number of nitrogens with two attached hydrogens (primary N) is 2. The van der Waals surface area contributed by atoms with Crippen LogP contribution < -0.4 is 11.5 Å². The summed E-state index contributed by atoms with van der Waals surface area (Å²) in [5.74, 6) is -0.348. The van der Waals surface area contributed by atoms with Crippen molar-refractivity contribution in [1.29, 1.82) is 0 Å². The van der Waals surface area contributed by atoms with Gasteiger partial charge in [-0.2, -0.15) is 0 Å². The molecule has 108 valence electrons. The molecular weight excluding hydrogens is 246 g/mol. The van der Waals surface area contributed by atoms with Gasteiger partial charge in [0.05, 0.1) is 6.10 Å². The molecule has 2 rings (SSSR count). The first-order valence-electron chi connectivity index (χ1n) is 7.06. The van der Waals surface area contributed by atoms with Crippen LogP contribution in [0.15, 0.2) is 0 Å². The van der Waals surface area contributed by atoms with Crippen LogP contribution >= 0.6 is 0 Å². The highest BCUT2D eigenvalue weighted by atomic mass is 16.5. The van der Waals surface area contributed by atoms with Gasteiger partial charge in [0.1, 0.15) is 6.10 Å². The van der Waals surface area contributed by atoms with E-state index < -0.39 is 0 Å². The van der Waals surface area contributed by atoms with Gasteiger partial charge < -0.3 is 21.1 Å². The molecular formula is C13H23N3O3. The Morgan fingerprint density at radius 3 is 2.63 bits per heavy atom. The Morgan fingerprint density at radius 2 is 2.00 bits per heavy atom. The molecule has 6 nitrogen and oxygen atoms in total. The third-order valence-corrected chi connectivity index (χ3v) is 3.99. The molecule has 0 saturated carbocycles. The molecule has 0 aromatic rings. The molecule has 0 aliphatic carbocycles. The zero-order chi connectivity index (χ0) is 13.8. The zero-order valence-electron chi connectivity index (χ0n) is 11.2. The van der Waals surface area contributed by atoms with E-state index in [1.807, 2.05) is 0 Å². The summed E-state index contributed by atoms with van der Waals surface area (Å²) >= 11 is 0. The van der Waals surface area contributed by atoms with Crippen LogP contribution in [0.2, 0.25) is 0 Å². The predicted molar refractivity (Wildman–Crippen MR) is 70.1 cm³/mol. The van der Waals surface area contributed by atoms with Crippen LogP contribution in [0.5, 0.6) is 0 Å². The van der Waals surface area contributed by atoms with Crippen molar-refractivity contribution in [3.05, 3.63) is 0 Å². The van der Waals surface area contributed by atoms with E-state index in [0.717, 1.165) is 32.1 Å². The minimum atomic E-state index is -0.387. The van der Waals surface area contributed by atoms with E-state index in [4.69, 9.17) is 16.2 Å². The molecule has 2 heterocycles. The SMILES string of the molecule is NC[C@H]1CC[C@@H](C(=O)N2CCCCC2CC(N)=O)O1. The number of carbonyl (C=O) groups excluding carboxylic acids is 2. The Kier molecular flexibility index (Phi) is 4.76. The topological polar surface area (TPSA) is 98.7 Å². The molecule has 4 N–H and O–H groups in total. The Balaban J connectivity index is 1.97. The molecule has 0 radical (unpaired) electrons. The lowest BCUT2D eigenvalue weighted by Gasteiger charge is -2.36. The van der Waals surface area contributed by atoms with Crippen LogP contribution in [-0.2, 0) is 14.3 Å². The summed E-state index contributed by atoms with van der Waals surface area (Å²) in [6.45, 7) is 1.15. The maximum absolute atomic E-state index is 12.5. The second-order valence-electron chi connectivity index (χ2n) is 5.41. The van der Waals surface area contributed by atoms with E-state index in [1.54, 1.807) is 4.90 Å². The normalized spacial score (nSPS) is 31.4. The lowest BCUT2D eigenvalue weighted by atomic mass is 9.98. The van der Waals surface area contributed by atoms with E-state index in [0.29, 0.717) is 13.1 Å². The largest absolute Gasteiger partial charge is 0.370 e. The molecule has 0 aromatic heterocycles. The molecule has 3 atom stereocenters. The number of nitrogens with zero attached hydrogens (tertiary/aromatic N) is 1. The van der Waals surface area contributed by atoms with Gasteiger partial charge in [-0.1, -0.05) is 0 Å². The van der Waals surface area contributed by atoms with Crippen molar-refractivity contribution in [3.8, 4) is 0 Å². The highest BCUT2D eigenvalue weighted by Gasteiger charge is 2.36. The number of piperidine rings is 1. The summed E-state index contributed by atoms with van der Waals surface area (Å²) in [4.78, 5) is 25.3. The van der Waals surface area contributed by atoms with Crippen molar-refractivity contribution < 1.29 is 14.3 Å². The average molecular weight is 269 g/mol. The van der Waals surface area contributed by atoms with E-state index in [1.165, 1.54) is 0 Å². The van der Waals surface area contributed by atoms with Gasteiger partial charge in [0.15, 0.2) is 0 Å². The molecule has 0 spiro atoms. The number of carbonyl (C=O) groups is 2. The molecule has 0 bridgehead atoms. The summed E-state index contributed by atoms with van der Waals surface area (Å²) in [6.07, 6.45) is 4.28. The Bertz CT molecular complexity index is 348. The van der Waals surface area contributed by atoms with E-state index in [2.05, 4.69) is 0 Å². The fourth-order valence-corrected chi connectivity index (χ4v) is 2.98. The van der Waals surface area contributed by atoms with Gasteiger partial charge in [-0.05, 0) is 32.1 Å². The summed E-state index contributed by atoms with van der Waals surface area (Å²) in [6, 6.07) is -0.0562. The predicted octanol–water partition coefficient (Wildman–Crippen LogP) is -0.251. The van der Waals surface area contributed by atoms with Gasteiger partial charge in [-0.15, -0.1) is 0 Å². The van der Waals surface area contributed by atoms with Crippen molar-refractivity contribution in [2.75, 3.05) is 13.1 Å². The molecule has 1 unspecified atom stereocenters. The van der Waals surface area contributed by atoms with Crippen molar-refractivity contribution in [2.45, 2.75) is 56.8 Å². The van der Waals surface area contributed by atoms with E-state index in [-0.39, 0.29) is 36.5 Å². The second kappa shape index (κ2) is 6.34. The fourth-order valence-electron chi connectivity index (χ4n) is 2.98. The number of hydrogen-bond donors (Lipinski definition) is 2. The van der Waals surface area contributed by atoms with Gasteiger partial charge >= 0.3 is 0 Å². The smallest absolute Gasteiger partial charge is 0.251 e. The molecule has 0 aromatic carbocycles. The second-order valence-corrected chi connectivity index (χ2v) is 5.41. The highest BCUT2D eigenvalue weighted by molar-refractivity contribution is 5.82. The maximum Gasteiger partial charge on any atom is 0.251 e. The highest BCUT2D eigenvalue weighted by Crippen LogP contribution is 2.25. The minimum Gasteiger partial charge on any atom is -0.370 e. The van der Waals surface area contributed by atoms with E-state index >= 15 is 0 Å². The maximum atomic E-state index is 12.5. The first kappa shape index (κ1) is 14.3. The number of amides is 2. The van der Waals surface area contributed by atoms with Crippen LogP contribution in [0.25, 0.3) is 0 Å². The Hall–Kier alpha value is -1.14. The molecule has 19 heavy (non-hydrogen) atoms. The quantitative estimate of drug-likeness (QED) is 0.735. The minimum absolute atomic E-state index is 0.00176. The van der Waals surface area contributed by atoms with Crippen molar-refractivity contribution in [1.82, 2.24) is 4.90 Å². The molecule has 2 aliphatic heterocycles. The fraction of sp³-hybridized carbons (Fsp3) is 0.846. The monoisotopic (exact) mass is 269 g/mol. The van der Waals surface area contributed by atoms with Crippen LogP contribution in [0.4, 0.5) is 0 Å². The summed E-state index contributed by atoms with van der Waals surface area (Å²) in [5, 5.41) is 0. The van der Waals surface area contributed by atoms with E-state index in [9.17, 15) is 9.59 Å². The molecule has 2 amide bonds. The number of ether oxygens (including phenoxy) is 1. The third kappa shape index (κ3) is 3.45. The first-order chi connectivity index (χ1) is 9.11. The molecule has 2 saturated heterocycles. The standard InChI is InChI=1S/C13H23N3O3/c14-8-10-4-5-11(19-10)13(18)16-6-2-1-3-9(16)7-12(15)17/h9-11H,1-8,14H2,(H2,15,17)/t9?,10-,11+/m1/s1. The molecule has 2 fully saturated rings. The summed E-state index contributed by atoms with van der Waals surface area (Å²) in [5.41, 5.74) is 10.8. The van der Waals surface area contributed by atoms with Crippen LogP contribution in [-0.4, -0.2) is 48.1 Å². The number of primary amides is 1. The summed E-state index contributed by atoms with van der Waals surface area (Å²) in [7, 11) is 0. The number of likely N-dealkylation sites (tertiary alicyclic amines) is 1. The average Bonchev–Trinajstić information content (AvgIpc) is 2.86. The lowest BCUT2D eigenvalue weighted by molar-refractivity contribution is -0.147. The summed E-state index contributed by atoms with van der Waals surface area (Å²) < 4.78 is 5.65. The Labute approximate surface area is 113 Å². The van der Waals surface area contributed by atoms with Gasteiger partial charge in [-0.3, -0.25) is 9.59 Å². The zero-order valence-corrected chi connectivity index (χ0v) is 11.2. The van der Waals surface area contributed by atoms with Gasteiger partial charge in [0.25, 0.3) is 5.91 Å². The van der Waals surface area contributed by atoms with Crippen LogP contribution in [0, 0.1) is 0 Å². The van der Waals surface area contributed by atoms with Gasteiger partial charge in [0, 0.05) is 25.6 Å². The Morgan fingerprint density at radius 1 is 1.21 bits per heavy atom. The number of hydrogen-bond acceptors (Lipinski definition) is 4. The van der Waals surface area contributed by atoms with Gasteiger partial charge in [0.2, 0.25) is 5.91 Å². The molecule has 2 aliphatic rings. The van der Waals surface area contributed by atoms with Crippen LogP contribution in [0.1, 0.15) is 38.5 Å². The van der Waals surface area contributed by atoms with Gasteiger partial charge in [-0.25, -0.2) is 0 Å².